The van der Waals surface area contributed by atoms with E-state index in [4.69, 9.17) is 5.11 Å². The van der Waals surface area contributed by atoms with Gasteiger partial charge in [0.2, 0.25) is 5.78 Å². The van der Waals surface area contributed by atoms with E-state index in [0.29, 0.717) is 5.78 Å². The molecule has 0 atom stereocenters. The molecule has 1 aromatic carbocycles. The zero-order valence-electron chi connectivity index (χ0n) is 11.1. The van der Waals surface area contributed by atoms with E-state index >= 15 is 0 Å². The van der Waals surface area contributed by atoms with Crippen LogP contribution in [-0.4, -0.2) is 25.4 Å². The number of hydrogen-bond acceptors (Lipinski definition) is 4. The van der Waals surface area contributed by atoms with Crippen LogP contribution in [0.5, 0.6) is 0 Å². The first-order chi connectivity index (χ1) is 10.2. The van der Waals surface area contributed by atoms with E-state index in [-0.39, 0.29) is 6.42 Å². The van der Waals surface area contributed by atoms with E-state index in [2.05, 4.69) is 9.97 Å². The van der Waals surface area contributed by atoms with Crippen LogP contribution in [0.3, 0.4) is 0 Å². The van der Waals surface area contributed by atoms with Gasteiger partial charge in [-0.25, -0.2) is 9.97 Å². The minimum absolute atomic E-state index is 0.0586. The molecule has 2 aromatic heterocycles. The fourth-order valence-corrected chi connectivity index (χ4v) is 2.77. The molecule has 0 saturated carbocycles. The number of aromatic nitrogens is 3. The Hall–Kier alpha value is -2.34. The lowest BCUT2D eigenvalue weighted by Gasteiger charge is -2.01. The fourth-order valence-electron chi connectivity index (χ4n) is 1.98. The molecule has 21 heavy (non-hydrogen) atoms. The summed E-state index contributed by atoms with van der Waals surface area (Å²) in [6, 6.07) is 9.45. The van der Waals surface area contributed by atoms with Crippen LogP contribution >= 0.6 is 11.8 Å². The first-order valence-corrected chi connectivity index (χ1v) is 7.41. The second-order valence-electron chi connectivity index (χ2n) is 4.56. The maximum absolute atomic E-state index is 10.6. The van der Waals surface area contributed by atoms with Crippen LogP contribution in [0, 0.1) is 0 Å². The van der Waals surface area contributed by atoms with E-state index in [0.717, 1.165) is 21.9 Å². The van der Waals surface area contributed by atoms with Gasteiger partial charge in [-0.15, -0.1) is 11.8 Å². The lowest BCUT2D eigenvalue weighted by Crippen LogP contribution is -1.99. The summed E-state index contributed by atoms with van der Waals surface area (Å²) < 4.78 is 1.89. The van der Waals surface area contributed by atoms with E-state index in [1.54, 1.807) is 18.0 Å². The van der Waals surface area contributed by atoms with Crippen molar-refractivity contribution in [1.82, 2.24) is 14.4 Å². The van der Waals surface area contributed by atoms with E-state index in [1.807, 2.05) is 47.1 Å². The zero-order chi connectivity index (χ0) is 14.7. The van der Waals surface area contributed by atoms with Gasteiger partial charge in [0.25, 0.3) is 0 Å². The van der Waals surface area contributed by atoms with Crippen LogP contribution in [-0.2, 0) is 17.0 Å². The second kappa shape index (κ2) is 5.97. The lowest BCUT2D eigenvalue weighted by atomic mass is 10.2. The van der Waals surface area contributed by atoms with Crippen LogP contribution in [0.2, 0.25) is 0 Å². The number of hydrogen-bond donors (Lipinski definition) is 1. The number of carbonyl (C=O) groups is 1. The first-order valence-electron chi connectivity index (χ1n) is 6.43. The Morgan fingerprint density at radius 3 is 2.81 bits per heavy atom. The molecule has 0 unspecified atom stereocenters. The molecule has 3 aromatic rings. The molecule has 0 aliphatic carbocycles. The molecule has 0 amide bonds. The minimum atomic E-state index is -0.812. The molecule has 6 heteroatoms. The summed E-state index contributed by atoms with van der Waals surface area (Å²) in [7, 11) is 0. The van der Waals surface area contributed by atoms with Crippen LogP contribution in [0.1, 0.15) is 11.3 Å². The Morgan fingerprint density at radius 2 is 2.10 bits per heavy atom. The number of thioether (sulfide) groups is 1. The highest BCUT2D eigenvalue weighted by Crippen LogP contribution is 2.22. The number of benzene rings is 1. The molecule has 2 heterocycles. The van der Waals surface area contributed by atoms with Gasteiger partial charge in [-0.3, -0.25) is 9.20 Å². The molecule has 5 nitrogen and oxygen atoms in total. The van der Waals surface area contributed by atoms with Crippen molar-refractivity contribution in [3.8, 4) is 0 Å². The molecule has 1 N–H and O–H groups in total. The topological polar surface area (TPSA) is 67.5 Å². The van der Waals surface area contributed by atoms with Gasteiger partial charge in [0, 0.05) is 29.2 Å². The van der Waals surface area contributed by atoms with Crippen LogP contribution < -0.4 is 0 Å². The predicted molar refractivity (Wildman–Crippen MR) is 80.3 cm³/mol. The first kappa shape index (κ1) is 13.6. The summed E-state index contributed by atoms with van der Waals surface area (Å²) >= 11 is 1.67. The predicted octanol–water partition coefficient (Wildman–Crippen LogP) is 2.65. The highest BCUT2D eigenvalue weighted by Gasteiger charge is 2.04. The number of carboxylic acids is 1. The number of imidazole rings is 1. The molecule has 0 fully saturated rings. The van der Waals surface area contributed by atoms with Crippen molar-refractivity contribution in [3.05, 3.63) is 60.2 Å². The van der Waals surface area contributed by atoms with E-state index in [1.165, 1.54) is 0 Å². The molecular weight excluding hydrogens is 286 g/mol. The monoisotopic (exact) mass is 299 g/mol. The van der Waals surface area contributed by atoms with Gasteiger partial charge in [-0.1, -0.05) is 12.1 Å². The molecule has 3 rings (SSSR count). The van der Waals surface area contributed by atoms with Gasteiger partial charge >= 0.3 is 5.97 Å². The Labute approximate surface area is 125 Å². The van der Waals surface area contributed by atoms with Gasteiger partial charge in [0.15, 0.2) is 0 Å². The molecule has 106 valence electrons. The number of rotatable bonds is 5. The number of fused-ring (bicyclic) bond motifs is 1. The summed E-state index contributed by atoms with van der Waals surface area (Å²) in [5.41, 5.74) is 1.78. The lowest BCUT2D eigenvalue weighted by molar-refractivity contribution is -0.136. The van der Waals surface area contributed by atoms with Crippen LogP contribution in [0.25, 0.3) is 5.78 Å². The van der Waals surface area contributed by atoms with Crippen molar-refractivity contribution in [2.45, 2.75) is 17.1 Å². The van der Waals surface area contributed by atoms with Gasteiger partial charge in [-0.2, -0.15) is 0 Å². The van der Waals surface area contributed by atoms with Crippen molar-refractivity contribution in [3.63, 3.8) is 0 Å². The summed E-state index contributed by atoms with van der Waals surface area (Å²) in [4.78, 5) is 20.3. The smallest absolute Gasteiger partial charge is 0.307 e. The molecule has 0 bridgehead atoms. The van der Waals surface area contributed by atoms with Gasteiger partial charge in [-0.05, 0) is 23.8 Å². The molecule has 0 saturated heterocycles. The standard InChI is InChI=1S/C15H13N3O2S/c19-14(20)8-11-2-4-13(5-3-11)21-10-12-9-18-7-1-6-16-15(18)17-12/h1-7,9H,8,10H2,(H,19,20). The summed E-state index contributed by atoms with van der Waals surface area (Å²) in [6.45, 7) is 0. The normalized spacial score (nSPS) is 10.9. The fraction of sp³-hybridized carbons (Fsp3) is 0.133. The molecule has 0 aliphatic heterocycles. The maximum atomic E-state index is 10.6. The third-order valence-electron chi connectivity index (χ3n) is 2.95. The van der Waals surface area contributed by atoms with Crippen molar-refractivity contribution < 1.29 is 9.90 Å². The molecule has 0 aliphatic rings. The highest BCUT2D eigenvalue weighted by atomic mass is 32.2. The largest absolute Gasteiger partial charge is 0.481 e. The Morgan fingerprint density at radius 1 is 1.29 bits per heavy atom. The van der Waals surface area contributed by atoms with E-state index in [9.17, 15) is 4.79 Å². The highest BCUT2D eigenvalue weighted by molar-refractivity contribution is 7.98. The van der Waals surface area contributed by atoms with Crippen LogP contribution in [0.4, 0.5) is 0 Å². The molecule has 0 spiro atoms. The van der Waals surface area contributed by atoms with Crippen molar-refractivity contribution in [2.75, 3.05) is 0 Å². The van der Waals surface area contributed by atoms with Gasteiger partial charge < -0.3 is 5.11 Å². The summed E-state index contributed by atoms with van der Waals surface area (Å²) in [5.74, 6) is 0.638. The van der Waals surface area contributed by atoms with Crippen molar-refractivity contribution in [2.24, 2.45) is 0 Å². The second-order valence-corrected chi connectivity index (χ2v) is 5.61. The Balaban J connectivity index is 1.65. The number of aliphatic carboxylic acids is 1. The molecular formula is C15H13N3O2S. The van der Waals surface area contributed by atoms with E-state index < -0.39 is 5.97 Å². The maximum Gasteiger partial charge on any atom is 0.307 e. The quantitative estimate of drug-likeness (QED) is 0.734. The zero-order valence-corrected chi connectivity index (χ0v) is 12.0. The summed E-state index contributed by atoms with van der Waals surface area (Å²) in [5, 5.41) is 8.74. The van der Waals surface area contributed by atoms with Crippen molar-refractivity contribution in [1.29, 1.82) is 0 Å². The third kappa shape index (κ3) is 3.41. The SMILES string of the molecule is O=C(O)Cc1ccc(SCc2cn3cccnc3n2)cc1. The average molecular weight is 299 g/mol. The third-order valence-corrected chi connectivity index (χ3v) is 4.00. The van der Waals surface area contributed by atoms with Crippen LogP contribution in [0.15, 0.2) is 53.8 Å². The van der Waals surface area contributed by atoms with Crippen molar-refractivity contribution >= 4 is 23.5 Å². The minimum Gasteiger partial charge on any atom is -0.481 e. The molecule has 0 radical (unpaired) electrons. The Bertz CT molecular complexity index is 735. The van der Waals surface area contributed by atoms with Gasteiger partial charge in [0.1, 0.15) is 0 Å². The Kier molecular flexibility index (Phi) is 3.87. The van der Waals surface area contributed by atoms with Gasteiger partial charge in [0.05, 0.1) is 12.1 Å². The average Bonchev–Trinajstić information content (AvgIpc) is 2.89. The number of nitrogens with zero attached hydrogens (tertiary/aromatic N) is 3. The summed E-state index contributed by atoms with van der Waals surface area (Å²) in [6.07, 6.45) is 5.67. The number of carboxylic acid groups (broad SMARTS) is 1.